The van der Waals surface area contributed by atoms with Gasteiger partial charge in [-0.2, -0.15) is 0 Å². The van der Waals surface area contributed by atoms with Crippen molar-refractivity contribution in [3.63, 3.8) is 0 Å². The lowest BCUT2D eigenvalue weighted by Gasteiger charge is -2.17. The number of hydrogen-bond donors (Lipinski definition) is 1. The van der Waals surface area contributed by atoms with Gasteiger partial charge in [0.25, 0.3) is 0 Å². The zero-order valence-electron chi connectivity index (χ0n) is 13.3. The van der Waals surface area contributed by atoms with Crippen molar-refractivity contribution in [3.8, 4) is 0 Å². The minimum atomic E-state index is -1.23. The number of carbonyl (C=O) groups is 3. The van der Waals surface area contributed by atoms with Gasteiger partial charge in [-0.1, -0.05) is 6.07 Å². The fourth-order valence-electron chi connectivity index (χ4n) is 3.04. The Labute approximate surface area is 138 Å². The van der Waals surface area contributed by atoms with E-state index in [-0.39, 0.29) is 29.0 Å². The molecule has 0 saturated carbocycles. The van der Waals surface area contributed by atoms with Gasteiger partial charge >= 0.3 is 5.97 Å². The molecule has 3 rings (SSSR count). The molecule has 2 aliphatic carbocycles. The van der Waals surface area contributed by atoms with Gasteiger partial charge in [0.15, 0.2) is 5.78 Å². The molecule has 1 heterocycles. The van der Waals surface area contributed by atoms with E-state index in [0.29, 0.717) is 0 Å². The van der Waals surface area contributed by atoms with Gasteiger partial charge in [0.1, 0.15) is 11.5 Å². The van der Waals surface area contributed by atoms with E-state index < -0.39 is 17.5 Å². The van der Waals surface area contributed by atoms with Gasteiger partial charge in [0, 0.05) is 12.1 Å². The Morgan fingerprint density at radius 1 is 1.21 bits per heavy atom. The normalized spacial score (nSPS) is 17.2. The van der Waals surface area contributed by atoms with E-state index >= 15 is 0 Å². The van der Waals surface area contributed by atoms with E-state index in [1.165, 1.54) is 13.2 Å². The maximum atomic E-state index is 12.7. The van der Waals surface area contributed by atoms with Crippen LogP contribution in [0, 0.1) is 0 Å². The van der Waals surface area contributed by atoms with Crippen molar-refractivity contribution in [2.45, 2.75) is 32.1 Å². The second-order valence-corrected chi connectivity index (χ2v) is 5.85. The molecule has 24 heavy (non-hydrogen) atoms. The molecule has 0 aliphatic heterocycles. The summed E-state index contributed by atoms with van der Waals surface area (Å²) < 4.78 is 5.02. The van der Waals surface area contributed by atoms with Crippen molar-refractivity contribution in [2.75, 3.05) is 7.11 Å². The molecule has 0 atom stereocenters. The zero-order chi connectivity index (χ0) is 17.3. The summed E-state index contributed by atoms with van der Waals surface area (Å²) in [6, 6.07) is 3.52. The van der Waals surface area contributed by atoms with E-state index in [2.05, 4.69) is 4.98 Å². The minimum absolute atomic E-state index is 0.0309. The van der Waals surface area contributed by atoms with Crippen LogP contribution >= 0.6 is 0 Å². The molecule has 0 unspecified atom stereocenters. The molecule has 0 amide bonds. The third-order valence-corrected chi connectivity index (χ3v) is 4.34. The monoisotopic (exact) mass is 327 g/mol. The number of fused-ring (bicyclic) bond motifs is 1. The largest absolute Gasteiger partial charge is 0.496 e. The molecule has 0 aromatic carbocycles. The number of ether oxygens (including phenoxy) is 1. The minimum Gasteiger partial charge on any atom is -0.496 e. The quantitative estimate of drug-likeness (QED) is 0.672. The Hall–Kier alpha value is -2.76. The van der Waals surface area contributed by atoms with E-state index in [1.54, 1.807) is 6.07 Å². The lowest BCUT2D eigenvalue weighted by molar-refractivity contribution is -0.134. The predicted octanol–water partition coefficient (Wildman–Crippen LogP) is 2.03. The Morgan fingerprint density at radius 3 is 2.67 bits per heavy atom. The number of aliphatic carboxylic acids is 1. The van der Waals surface area contributed by atoms with Crippen molar-refractivity contribution in [1.29, 1.82) is 0 Å². The number of carbonyl (C=O) groups excluding carboxylic acids is 2. The van der Waals surface area contributed by atoms with E-state index in [0.717, 1.165) is 36.9 Å². The van der Waals surface area contributed by atoms with Crippen molar-refractivity contribution >= 4 is 17.5 Å². The van der Waals surface area contributed by atoms with E-state index in [4.69, 9.17) is 9.84 Å². The molecule has 2 aliphatic rings. The average molecular weight is 327 g/mol. The number of methoxy groups -OCH3 is 1. The first kappa shape index (κ1) is 16.1. The number of aromatic nitrogens is 1. The molecule has 124 valence electrons. The SMILES string of the molecule is COC1=C(C(=O)O)CC(=O)C(C(=O)c2ccc3c(n2)CCCC3)=C1. The van der Waals surface area contributed by atoms with Gasteiger partial charge < -0.3 is 9.84 Å². The van der Waals surface area contributed by atoms with Crippen LogP contribution in [-0.4, -0.2) is 34.7 Å². The third kappa shape index (κ3) is 2.87. The van der Waals surface area contributed by atoms with Crippen LogP contribution in [0.5, 0.6) is 0 Å². The lowest BCUT2D eigenvalue weighted by atomic mass is 9.90. The predicted molar refractivity (Wildman–Crippen MR) is 84.6 cm³/mol. The lowest BCUT2D eigenvalue weighted by Crippen LogP contribution is -2.22. The molecule has 0 fully saturated rings. The van der Waals surface area contributed by atoms with Crippen LogP contribution < -0.4 is 0 Å². The summed E-state index contributed by atoms with van der Waals surface area (Å²) in [4.78, 5) is 40.4. The number of carboxylic acids is 1. The van der Waals surface area contributed by atoms with Gasteiger partial charge in [-0.15, -0.1) is 0 Å². The van der Waals surface area contributed by atoms with Crippen molar-refractivity contribution < 1.29 is 24.2 Å². The molecule has 0 spiro atoms. The summed E-state index contributed by atoms with van der Waals surface area (Å²) in [5.74, 6) is -2.22. The molecular formula is C18H17NO5. The first-order chi connectivity index (χ1) is 11.5. The smallest absolute Gasteiger partial charge is 0.335 e. The summed E-state index contributed by atoms with van der Waals surface area (Å²) in [6.07, 6.45) is 4.79. The number of rotatable bonds is 4. The molecule has 1 aromatic heterocycles. The van der Waals surface area contributed by atoms with Crippen LogP contribution in [0.15, 0.2) is 35.1 Å². The summed E-state index contributed by atoms with van der Waals surface area (Å²) in [5.41, 5.74) is 2.04. The average Bonchev–Trinajstić information content (AvgIpc) is 2.60. The second kappa shape index (κ2) is 6.39. The zero-order valence-corrected chi connectivity index (χ0v) is 13.3. The first-order valence-corrected chi connectivity index (χ1v) is 7.80. The second-order valence-electron chi connectivity index (χ2n) is 5.85. The summed E-state index contributed by atoms with van der Waals surface area (Å²) in [5, 5.41) is 9.12. The van der Waals surface area contributed by atoms with Gasteiger partial charge in [-0.25, -0.2) is 9.78 Å². The number of ketones is 2. The summed E-state index contributed by atoms with van der Waals surface area (Å²) in [7, 11) is 1.31. The van der Waals surface area contributed by atoms with Crippen molar-refractivity contribution in [3.05, 3.63) is 52.1 Å². The summed E-state index contributed by atoms with van der Waals surface area (Å²) in [6.45, 7) is 0. The van der Waals surface area contributed by atoms with E-state index in [1.807, 2.05) is 6.07 Å². The van der Waals surface area contributed by atoms with Gasteiger partial charge in [-0.3, -0.25) is 9.59 Å². The highest BCUT2D eigenvalue weighted by molar-refractivity contribution is 6.27. The number of nitrogens with zero attached hydrogens (tertiary/aromatic N) is 1. The fraction of sp³-hybridized carbons (Fsp3) is 0.333. The number of aryl methyl sites for hydroxylation is 2. The van der Waals surface area contributed by atoms with Gasteiger partial charge in [0.05, 0.1) is 18.3 Å². The third-order valence-electron chi connectivity index (χ3n) is 4.34. The number of hydrogen-bond acceptors (Lipinski definition) is 5. The molecular weight excluding hydrogens is 310 g/mol. The van der Waals surface area contributed by atoms with Crippen molar-refractivity contribution in [2.24, 2.45) is 0 Å². The van der Waals surface area contributed by atoms with Crippen LogP contribution in [-0.2, 0) is 27.2 Å². The van der Waals surface area contributed by atoms with E-state index in [9.17, 15) is 14.4 Å². The number of pyridine rings is 1. The molecule has 0 radical (unpaired) electrons. The standard InChI is InChI=1S/C18H17NO5/c1-24-16-9-11(15(20)8-12(16)18(22)23)17(21)14-7-6-10-4-2-3-5-13(10)19-14/h6-7,9H,2-5,8H2,1H3,(H,22,23). The van der Waals surface area contributed by atoms with Crippen LogP contribution in [0.2, 0.25) is 0 Å². The van der Waals surface area contributed by atoms with Crippen LogP contribution in [0.4, 0.5) is 0 Å². The fourth-order valence-corrected chi connectivity index (χ4v) is 3.04. The maximum Gasteiger partial charge on any atom is 0.335 e. The molecule has 0 saturated heterocycles. The Bertz CT molecular complexity index is 804. The Kier molecular flexibility index (Phi) is 4.29. The Balaban J connectivity index is 1.97. The maximum absolute atomic E-state index is 12.7. The number of allylic oxidation sites excluding steroid dienone is 2. The highest BCUT2D eigenvalue weighted by Crippen LogP contribution is 2.26. The number of carboxylic acid groups (broad SMARTS) is 1. The van der Waals surface area contributed by atoms with Crippen LogP contribution in [0.1, 0.15) is 41.0 Å². The molecule has 1 N–H and O–H groups in total. The summed E-state index contributed by atoms with van der Waals surface area (Å²) >= 11 is 0. The molecule has 6 nitrogen and oxygen atoms in total. The highest BCUT2D eigenvalue weighted by atomic mass is 16.5. The topological polar surface area (TPSA) is 93.6 Å². The first-order valence-electron chi connectivity index (χ1n) is 7.80. The van der Waals surface area contributed by atoms with Gasteiger partial charge in [0.2, 0.25) is 5.78 Å². The molecule has 6 heteroatoms. The molecule has 0 bridgehead atoms. The van der Waals surface area contributed by atoms with Crippen molar-refractivity contribution in [1.82, 2.24) is 4.98 Å². The molecule has 1 aromatic rings. The van der Waals surface area contributed by atoms with Crippen LogP contribution in [0.25, 0.3) is 0 Å². The highest BCUT2D eigenvalue weighted by Gasteiger charge is 2.30. The Morgan fingerprint density at radius 2 is 1.96 bits per heavy atom. The van der Waals surface area contributed by atoms with Gasteiger partial charge in [-0.05, 0) is 43.4 Å². The number of Topliss-reactive ketones (excluding diaryl/α,β-unsaturated/α-hetero) is 2. The van der Waals surface area contributed by atoms with Crippen LogP contribution in [0.3, 0.4) is 0 Å².